The van der Waals surface area contributed by atoms with Crippen LogP contribution in [0.15, 0.2) is 182 Å². The fourth-order valence-electron chi connectivity index (χ4n) is 11.6. The van der Waals surface area contributed by atoms with Crippen LogP contribution in [0.3, 0.4) is 0 Å². The minimum atomic E-state index is 0.582. The van der Waals surface area contributed by atoms with E-state index in [2.05, 4.69) is 245 Å². The molecule has 4 nitrogen and oxygen atoms in total. The Morgan fingerprint density at radius 2 is 0.556 bits per heavy atom. The highest BCUT2D eigenvalue weighted by Crippen LogP contribution is 2.44. The summed E-state index contributed by atoms with van der Waals surface area (Å²) in [6.45, 7) is 17.3. The van der Waals surface area contributed by atoms with Crippen LogP contribution in [0.1, 0.15) is 50.1 Å². The largest absolute Gasteiger partial charge is 0.308 e. The Hall–Kier alpha value is -8.78. The van der Waals surface area contributed by atoms with Crippen molar-refractivity contribution < 1.29 is 0 Å². The molecule has 346 valence electrons. The summed E-state index contributed by atoms with van der Waals surface area (Å²) in [6, 6.07) is 65.8. The van der Waals surface area contributed by atoms with E-state index in [-0.39, 0.29) is 0 Å². The summed E-state index contributed by atoms with van der Waals surface area (Å²) in [6.07, 6.45) is 3.69. The second-order valence-corrected chi connectivity index (χ2v) is 20.3. The second-order valence-electron chi connectivity index (χ2n) is 20.3. The van der Waals surface area contributed by atoms with Gasteiger partial charge in [-0.05, 0) is 184 Å². The number of benzene rings is 9. The highest BCUT2D eigenvalue weighted by molar-refractivity contribution is 6.14. The Balaban J connectivity index is 1.18. The first-order valence-electron chi connectivity index (χ1n) is 24.9. The molecule has 12 rings (SSSR count). The monoisotopic (exact) mass is 926 g/mol. The zero-order valence-electron chi connectivity index (χ0n) is 42.1. The zero-order chi connectivity index (χ0) is 49.5. The fourth-order valence-corrected chi connectivity index (χ4v) is 11.6. The summed E-state index contributed by atoms with van der Waals surface area (Å²) in [5, 5.41) is 16.3. The molecule has 0 saturated heterocycles. The lowest BCUT2D eigenvalue weighted by Crippen LogP contribution is -2.05. The molecule has 4 heteroatoms. The van der Waals surface area contributed by atoms with E-state index in [9.17, 15) is 5.26 Å². The number of rotatable bonds is 7. The Morgan fingerprint density at radius 3 is 0.819 bits per heavy atom. The topological polar surface area (TPSA) is 46.5 Å². The fraction of sp³-hybridized carbons (Fsp3) is 0.118. The smallest absolute Gasteiger partial charge is 0.104 e. The van der Waals surface area contributed by atoms with Gasteiger partial charge >= 0.3 is 0 Å². The summed E-state index contributed by atoms with van der Waals surface area (Å²) in [4.78, 5) is 4.43. The van der Waals surface area contributed by atoms with Gasteiger partial charge in [0.1, 0.15) is 11.6 Å². The van der Waals surface area contributed by atoms with Gasteiger partial charge in [0, 0.05) is 33.9 Å². The quantitative estimate of drug-likeness (QED) is 0.160. The SMILES string of the molecule is Cc1cc(C)cc(-c2ccc3c(c2)c2cc(-c4cc(C)cc(C)c4)ccc2n3-c2cc(-c3ccncc3)cc(-n3c4ccc(-c5cc(C)cc(C)c5)cc4c4cc(-c5cc(C)cc(C)c5)ccc43)c2C#N)c1. The van der Waals surface area contributed by atoms with Crippen LogP contribution >= 0.6 is 0 Å². The predicted molar refractivity (Wildman–Crippen MR) is 303 cm³/mol. The van der Waals surface area contributed by atoms with Crippen LogP contribution in [0, 0.1) is 66.7 Å². The van der Waals surface area contributed by atoms with Gasteiger partial charge in [-0.1, -0.05) is 142 Å². The van der Waals surface area contributed by atoms with E-state index in [4.69, 9.17) is 0 Å². The minimum Gasteiger partial charge on any atom is -0.308 e. The minimum absolute atomic E-state index is 0.582. The van der Waals surface area contributed by atoms with E-state index in [0.717, 1.165) is 88.4 Å². The van der Waals surface area contributed by atoms with Crippen LogP contribution in [0.4, 0.5) is 0 Å². The summed E-state index contributed by atoms with van der Waals surface area (Å²) >= 11 is 0. The van der Waals surface area contributed by atoms with Crippen molar-refractivity contribution in [1.29, 1.82) is 5.26 Å². The van der Waals surface area contributed by atoms with Crippen molar-refractivity contribution in [2.24, 2.45) is 0 Å². The maximum absolute atomic E-state index is 11.8. The van der Waals surface area contributed by atoms with Gasteiger partial charge in [0.05, 0.1) is 33.4 Å². The third kappa shape index (κ3) is 7.75. The van der Waals surface area contributed by atoms with Crippen molar-refractivity contribution in [3.8, 4) is 73.1 Å². The van der Waals surface area contributed by atoms with Crippen LogP contribution in [0.2, 0.25) is 0 Å². The number of nitriles is 1. The first-order chi connectivity index (χ1) is 34.8. The van der Waals surface area contributed by atoms with E-state index in [1.54, 1.807) is 0 Å². The lowest BCUT2D eigenvalue weighted by molar-refractivity contribution is 1.12. The van der Waals surface area contributed by atoms with Gasteiger partial charge in [0.25, 0.3) is 0 Å². The summed E-state index contributed by atoms with van der Waals surface area (Å²) in [5.74, 6) is 0. The molecule has 3 aromatic heterocycles. The predicted octanol–water partition coefficient (Wildman–Crippen LogP) is 17.9. The summed E-state index contributed by atoms with van der Waals surface area (Å²) in [5.41, 5.74) is 27.6. The molecule has 0 unspecified atom stereocenters. The Morgan fingerprint density at radius 1 is 0.292 bits per heavy atom. The molecule has 0 N–H and O–H groups in total. The molecule has 0 atom stereocenters. The molecule has 12 aromatic rings. The Labute approximate surface area is 421 Å². The molecule has 0 aliphatic rings. The van der Waals surface area contributed by atoms with Gasteiger partial charge in [0.15, 0.2) is 0 Å². The molecular formula is C68H54N4. The summed E-state index contributed by atoms with van der Waals surface area (Å²) < 4.78 is 4.66. The van der Waals surface area contributed by atoms with Crippen molar-refractivity contribution in [2.75, 3.05) is 0 Å². The highest BCUT2D eigenvalue weighted by Gasteiger charge is 2.24. The standard InChI is InChI=1S/C68H54N4/c1-40-21-41(2)26-53(25-40)49-9-13-63-58(33-49)59-34-50(54-27-42(3)22-43(4)28-54)10-14-64(59)71(63)67-37-57(48-17-19-70-20-18-48)38-68(62(67)39-69)72-65-15-11-51(55-29-44(5)23-45(6)30-55)35-60(65)61-36-52(12-16-66(61)72)56-31-46(7)24-47(8)32-56/h9-38H,1-8H3. The van der Waals surface area contributed by atoms with Gasteiger partial charge in [-0.25, -0.2) is 0 Å². The third-order valence-electron chi connectivity index (χ3n) is 14.5. The first-order valence-corrected chi connectivity index (χ1v) is 24.9. The van der Waals surface area contributed by atoms with Crippen LogP contribution in [-0.2, 0) is 0 Å². The van der Waals surface area contributed by atoms with E-state index in [1.165, 1.54) is 66.8 Å². The Kier molecular flexibility index (Phi) is 10.7. The van der Waals surface area contributed by atoms with Gasteiger partial charge in [0.2, 0.25) is 0 Å². The number of fused-ring (bicyclic) bond motifs is 6. The lowest BCUT2D eigenvalue weighted by atomic mass is 9.97. The average molecular weight is 927 g/mol. The van der Waals surface area contributed by atoms with Crippen molar-refractivity contribution in [1.82, 2.24) is 14.1 Å². The molecule has 72 heavy (non-hydrogen) atoms. The van der Waals surface area contributed by atoms with E-state index >= 15 is 0 Å². The van der Waals surface area contributed by atoms with E-state index in [1.807, 2.05) is 12.4 Å². The van der Waals surface area contributed by atoms with Gasteiger partial charge < -0.3 is 9.13 Å². The van der Waals surface area contributed by atoms with Crippen molar-refractivity contribution in [3.05, 3.63) is 232 Å². The van der Waals surface area contributed by atoms with Gasteiger partial charge in [-0.3, -0.25) is 4.98 Å². The molecule has 0 amide bonds. The van der Waals surface area contributed by atoms with E-state index < -0.39 is 0 Å². The van der Waals surface area contributed by atoms with Crippen molar-refractivity contribution in [2.45, 2.75) is 55.4 Å². The lowest BCUT2D eigenvalue weighted by Gasteiger charge is -2.18. The zero-order valence-corrected chi connectivity index (χ0v) is 42.1. The van der Waals surface area contributed by atoms with Crippen LogP contribution in [-0.4, -0.2) is 14.1 Å². The van der Waals surface area contributed by atoms with Crippen LogP contribution < -0.4 is 0 Å². The third-order valence-corrected chi connectivity index (χ3v) is 14.5. The number of aryl methyl sites for hydroxylation is 8. The molecular weight excluding hydrogens is 873 g/mol. The molecule has 0 bridgehead atoms. The normalized spacial score (nSPS) is 11.6. The molecule has 0 aliphatic carbocycles. The first kappa shape index (κ1) is 44.4. The van der Waals surface area contributed by atoms with Gasteiger partial charge in [-0.2, -0.15) is 5.26 Å². The maximum Gasteiger partial charge on any atom is 0.104 e. The van der Waals surface area contributed by atoms with Gasteiger partial charge in [-0.15, -0.1) is 0 Å². The molecule has 0 saturated carbocycles. The molecule has 0 aliphatic heterocycles. The van der Waals surface area contributed by atoms with Crippen molar-refractivity contribution >= 4 is 43.6 Å². The number of hydrogen-bond acceptors (Lipinski definition) is 2. The number of aromatic nitrogens is 3. The molecule has 9 aromatic carbocycles. The second kappa shape index (κ2) is 17.3. The Bertz CT molecular complexity index is 3700. The summed E-state index contributed by atoms with van der Waals surface area (Å²) in [7, 11) is 0. The van der Waals surface area contributed by atoms with Crippen LogP contribution in [0.25, 0.3) is 111 Å². The molecule has 0 radical (unpaired) electrons. The number of pyridine rings is 1. The highest BCUT2D eigenvalue weighted by atomic mass is 15.0. The maximum atomic E-state index is 11.8. The van der Waals surface area contributed by atoms with Crippen molar-refractivity contribution in [3.63, 3.8) is 0 Å². The average Bonchev–Trinajstić information content (AvgIpc) is 3.86. The van der Waals surface area contributed by atoms with E-state index in [0.29, 0.717) is 5.56 Å². The molecule has 3 heterocycles. The van der Waals surface area contributed by atoms with Crippen LogP contribution in [0.5, 0.6) is 0 Å². The number of nitrogens with zero attached hydrogens (tertiary/aromatic N) is 4. The molecule has 0 spiro atoms. The molecule has 0 fully saturated rings. The number of hydrogen-bond donors (Lipinski definition) is 0.